The number of carbonyl (C=O) groups excluding carboxylic acids is 2. The van der Waals surface area contributed by atoms with Crippen LogP contribution in [0, 0.1) is 13.8 Å². The average Bonchev–Trinajstić information content (AvgIpc) is 2.96. The number of aryl methyl sites for hydroxylation is 2. The van der Waals surface area contributed by atoms with Crippen molar-refractivity contribution < 1.29 is 9.59 Å². The van der Waals surface area contributed by atoms with E-state index in [0.717, 1.165) is 37.2 Å². The maximum atomic E-state index is 12.8. The Balaban J connectivity index is 1.58. The second-order valence-corrected chi connectivity index (χ2v) is 7.51. The third kappa shape index (κ3) is 5.35. The molecular weight excluding hydrogens is 350 g/mol. The van der Waals surface area contributed by atoms with Crippen molar-refractivity contribution in [1.82, 2.24) is 4.90 Å². The number of hydrogen-bond acceptors (Lipinski definition) is 3. The van der Waals surface area contributed by atoms with Gasteiger partial charge in [-0.25, -0.2) is 0 Å². The second-order valence-electron chi connectivity index (χ2n) is 7.51. The Kier molecular flexibility index (Phi) is 6.69. The van der Waals surface area contributed by atoms with Crippen LogP contribution in [-0.4, -0.2) is 36.3 Å². The lowest BCUT2D eigenvalue weighted by Crippen LogP contribution is -2.31. The fourth-order valence-corrected chi connectivity index (χ4v) is 3.58. The summed E-state index contributed by atoms with van der Waals surface area (Å²) in [5, 5.41) is 6.05. The minimum Gasteiger partial charge on any atom is -0.376 e. The second kappa shape index (κ2) is 9.40. The number of nitrogens with zero attached hydrogens (tertiary/aromatic N) is 1. The zero-order valence-electron chi connectivity index (χ0n) is 16.8. The molecule has 0 atom stereocenters. The molecule has 0 unspecified atom stereocenters. The van der Waals surface area contributed by atoms with Crippen molar-refractivity contribution in [3.63, 3.8) is 0 Å². The van der Waals surface area contributed by atoms with E-state index in [0.29, 0.717) is 11.3 Å². The summed E-state index contributed by atoms with van der Waals surface area (Å²) in [4.78, 5) is 27.0. The van der Waals surface area contributed by atoms with E-state index in [9.17, 15) is 9.59 Å². The van der Waals surface area contributed by atoms with E-state index in [1.54, 1.807) is 6.07 Å². The average molecular weight is 380 g/mol. The van der Waals surface area contributed by atoms with Gasteiger partial charge in [0.15, 0.2) is 0 Å². The van der Waals surface area contributed by atoms with Crippen LogP contribution in [0.1, 0.15) is 47.2 Å². The van der Waals surface area contributed by atoms with E-state index in [1.165, 1.54) is 18.4 Å². The van der Waals surface area contributed by atoms with E-state index in [2.05, 4.69) is 16.7 Å². The molecule has 28 heavy (non-hydrogen) atoms. The van der Waals surface area contributed by atoms with Gasteiger partial charge in [0.25, 0.3) is 5.91 Å². The predicted molar refractivity (Wildman–Crippen MR) is 114 cm³/mol. The highest BCUT2D eigenvalue weighted by molar-refractivity contribution is 5.98. The van der Waals surface area contributed by atoms with Crippen LogP contribution in [0.2, 0.25) is 0 Å². The number of rotatable bonds is 5. The summed E-state index contributed by atoms with van der Waals surface area (Å²) in [6, 6.07) is 13.3. The normalized spacial score (nSPS) is 14.3. The first kappa shape index (κ1) is 19.9. The molecule has 2 aromatic carbocycles. The van der Waals surface area contributed by atoms with Crippen LogP contribution in [0.25, 0.3) is 0 Å². The Morgan fingerprint density at radius 3 is 2.43 bits per heavy atom. The Labute approximate surface area is 167 Å². The van der Waals surface area contributed by atoms with Crippen molar-refractivity contribution in [3.05, 3.63) is 59.2 Å². The van der Waals surface area contributed by atoms with Crippen molar-refractivity contribution in [2.75, 3.05) is 30.3 Å². The number of nitrogens with one attached hydrogen (secondary N) is 2. The molecule has 1 saturated heterocycles. The van der Waals surface area contributed by atoms with E-state index in [-0.39, 0.29) is 18.4 Å². The SMILES string of the molecule is Cc1ccc(NCC(=O)Nc2cccc(C(=O)N3CCCCCC3)c2)c(C)c1. The number of hydrogen-bond donors (Lipinski definition) is 2. The molecule has 2 amide bonds. The Morgan fingerprint density at radius 1 is 0.964 bits per heavy atom. The van der Waals surface area contributed by atoms with Crippen LogP contribution in [-0.2, 0) is 4.79 Å². The van der Waals surface area contributed by atoms with Crippen LogP contribution in [0.15, 0.2) is 42.5 Å². The summed E-state index contributed by atoms with van der Waals surface area (Å²) in [5.74, 6) is -0.0919. The number of benzene rings is 2. The van der Waals surface area contributed by atoms with Crippen LogP contribution < -0.4 is 10.6 Å². The van der Waals surface area contributed by atoms with Crippen molar-refractivity contribution >= 4 is 23.2 Å². The van der Waals surface area contributed by atoms with Gasteiger partial charge in [-0.2, -0.15) is 0 Å². The molecule has 0 spiro atoms. The van der Waals surface area contributed by atoms with Gasteiger partial charge in [-0.05, 0) is 56.5 Å². The Bertz CT molecular complexity index is 839. The first-order chi connectivity index (χ1) is 13.5. The van der Waals surface area contributed by atoms with Gasteiger partial charge in [0, 0.05) is 30.0 Å². The fourth-order valence-electron chi connectivity index (χ4n) is 3.58. The van der Waals surface area contributed by atoms with Gasteiger partial charge in [0.2, 0.25) is 5.91 Å². The summed E-state index contributed by atoms with van der Waals surface area (Å²) >= 11 is 0. The fraction of sp³-hybridized carbons (Fsp3) is 0.391. The molecule has 0 saturated carbocycles. The Morgan fingerprint density at radius 2 is 1.71 bits per heavy atom. The molecule has 1 aliphatic rings. The molecule has 1 aliphatic heterocycles. The van der Waals surface area contributed by atoms with Crippen LogP contribution in [0.3, 0.4) is 0 Å². The van der Waals surface area contributed by atoms with Gasteiger partial charge in [0.05, 0.1) is 6.54 Å². The zero-order valence-corrected chi connectivity index (χ0v) is 16.8. The highest BCUT2D eigenvalue weighted by Gasteiger charge is 2.17. The third-order valence-electron chi connectivity index (χ3n) is 5.11. The third-order valence-corrected chi connectivity index (χ3v) is 5.11. The van der Waals surface area contributed by atoms with Gasteiger partial charge in [-0.3, -0.25) is 9.59 Å². The van der Waals surface area contributed by atoms with Crippen molar-refractivity contribution in [2.24, 2.45) is 0 Å². The van der Waals surface area contributed by atoms with E-state index >= 15 is 0 Å². The lowest BCUT2D eigenvalue weighted by Gasteiger charge is -2.20. The number of carbonyl (C=O) groups is 2. The first-order valence-electron chi connectivity index (χ1n) is 10.0. The smallest absolute Gasteiger partial charge is 0.253 e. The number of likely N-dealkylation sites (tertiary alicyclic amines) is 1. The quantitative estimate of drug-likeness (QED) is 0.811. The van der Waals surface area contributed by atoms with Gasteiger partial charge < -0.3 is 15.5 Å². The molecule has 148 valence electrons. The van der Waals surface area contributed by atoms with Crippen molar-refractivity contribution in [1.29, 1.82) is 0 Å². The maximum absolute atomic E-state index is 12.8. The molecule has 0 bridgehead atoms. The minimum atomic E-state index is -0.139. The molecule has 0 aliphatic carbocycles. The molecule has 0 radical (unpaired) electrons. The van der Waals surface area contributed by atoms with Crippen LogP contribution in [0.4, 0.5) is 11.4 Å². The molecule has 0 aromatic heterocycles. The van der Waals surface area contributed by atoms with E-state index < -0.39 is 0 Å². The summed E-state index contributed by atoms with van der Waals surface area (Å²) in [6.07, 6.45) is 4.50. The van der Waals surface area contributed by atoms with E-state index in [1.807, 2.05) is 49.1 Å². The van der Waals surface area contributed by atoms with Gasteiger partial charge in [0.1, 0.15) is 0 Å². The monoisotopic (exact) mass is 379 g/mol. The predicted octanol–water partition coefficient (Wildman–Crippen LogP) is 4.37. The molecule has 1 heterocycles. The van der Waals surface area contributed by atoms with Gasteiger partial charge >= 0.3 is 0 Å². The van der Waals surface area contributed by atoms with Crippen molar-refractivity contribution in [3.8, 4) is 0 Å². The zero-order chi connectivity index (χ0) is 19.9. The van der Waals surface area contributed by atoms with Crippen molar-refractivity contribution in [2.45, 2.75) is 39.5 Å². The first-order valence-corrected chi connectivity index (χ1v) is 10.0. The molecule has 5 heteroatoms. The lowest BCUT2D eigenvalue weighted by molar-refractivity contribution is -0.114. The summed E-state index contributed by atoms with van der Waals surface area (Å²) in [7, 11) is 0. The largest absolute Gasteiger partial charge is 0.376 e. The summed E-state index contributed by atoms with van der Waals surface area (Å²) < 4.78 is 0. The summed E-state index contributed by atoms with van der Waals surface area (Å²) in [5.41, 5.74) is 4.53. The molecule has 2 N–H and O–H groups in total. The Hall–Kier alpha value is -2.82. The lowest BCUT2D eigenvalue weighted by atomic mass is 10.1. The topological polar surface area (TPSA) is 61.4 Å². The summed E-state index contributed by atoms with van der Waals surface area (Å²) in [6.45, 7) is 5.87. The van der Waals surface area contributed by atoms with E-state index in [4.69, 9.17) is 0 Å². The standard InChI is InChI=1S/C23H29N3O2/c1-17-10-11-21(18(2)14-17)24-16-22(27)25-20-9-7-8-19(15-20)23(28)26-12-5-3-4-6-13-26/h7-11,14-15,24H,3-6,12-13,16H2,1-2H3,(H,25,27). The molecule has 5 nitrogen and oxygen atoms in total. The molecule has 1 fully saturated rings. The highest BCUT2D eigenvalue weighted by Crippen LogP contribution is 2.18. The van der Waals surface area contributed by atoms with Crippen LogP contribution in [0.5, 0.6) is 0 Å². The molecular formula is C23H29N3O2. The molecule has 3 rings (SSSR count). The number of anilines is 2. The van der Waals surface area contributed by atoms with Crippen LogP contribution >= 0.6 is 0 Å². The highest BCUT2D eigenvalue weighted by atomic mass is 16.2. The maximum Gasteiger partial charge on any atom is 0.253 e. The van der Waals surface area contributed by atoms with Gasteiger partial charge in [-0.1, -0.05) is 36.6 Å². The minimum absolute atomic E-state index is 0.0476. The molecule has 2 aromatic rings. The van der Waals surface area contributed by atoms with Gasteiger partial charge in [-0.15, -0.1) is 0 Å². The number of amides is 2.